The van der Waals surface area contributed by atoms with Gasteiger partial charge in [0.15, 0.2) is 5.82 Å². The van der Waals surface area contributed by atoms with Crippen LogP contribution >= 0.6 is 0 Å². The zero-order valence-corrected chi connectivity index (χ0v) is 9.07. The van der Waals surface area contributed by atoms with E-state index in [0.717, 1.165) is 17.2 Å². The lowest BCUT2D eigenvalue weighted by Crippen LogP contribution is -2.13. The number of benzene rings is 1. The van der Waals surface area contributed by atoms with E-state index in [1.54, 1.807) is 12.1 Å². The average Bonchev–Trinajstić information content (AvgIpc) is 2.64. The molecule has 84 valence electrons. The highest BCUT2D eigenvalue weighted by atomic mass is 16.3. The van der Waals surface area contributed by atoms with Crippen molar-refractivity contribution in [3.63, 3.8) is 0 Å². The lowest BCUT2D eigenvalue weighted by Gasteiger charge is -2.02. The summed E-state index contributed by atoms with van der Waals surface area (Å²) in [5.41, 5.74) is 1.03. The van der Waals surface area contributed by atoms with Crippen LogP contribution in [0.4, 0.5) is 0 Å². The minimum absolute atomic E-state index is 0.285. The minimum atomic E-state index is 0.285. The molecule has 0 saturated carbocycles. The molecule has 0 unspecified atom stereocenters. The van der Waals surface area contributed by atoms with Gasteiger partial charge < -0.3 is 10.4 Å². The number of H-pyrrole nitrogens is 1. The molecule has 0 bridgehead atoms. The Morgan fingerprint density at radius 1 is 1.38 bits per heavy atom. The van der Waals surface area contributed by atoms with Crippen LogP contribution in [0.25, 0.3) is 0 Å². The van der Waals surface area contributed by atoms with Crippen LogP contribution in [-0.4, -0.2) is 20.3 Å². The summed E-state index contributed by atoms with van der Waals surface area (Å²) in [4.78, 5) is 4.18. The second-order valence-electron chi connectivity index (χ2n) is 3.61. The molecule has 16 heavy (non-hydrogen) atoms. The molecule has 0 spiro atoms. The van der Waals surface area contributed by atoms with Gasteiger partial charge in [0, 0.05) is 6.54 Å². The van der Waals surface area contributed by atoms with E-state index in [1.807, 2.05) is 19.1 Å². The van der Waals surface area contributed by atoms with Crippen LogP contribution in [-0.2, 0) is 13.1 Å². The predicted octanol–water partition coefficient (Wildman–Crippen LogP) is 1.11. The lowest BCUT2D eigenvalue weighted by molar-refractivity contribution is 0.474. The van der Waals surface area contributed by atoms with Gasteiger partial charge in [-0.3, -0.25) is 5.10 Å². The van der Waals surface area contributed by atoms with Crippen molar-refractivity contribution in [3.8, 4) is 5.75 Å². The number of hydrogen-bond acceptors (Lipinski definition) is 4. The van der Waals surface area contributed by atoms with Crippen LogP contribution in [0.5, 0.6) is 5.75 Å². The average molecular weight is 218 g/mol. The molecule has 0 radical (unpaired) electrons. The summed E-state index contributed by atoms with van der Waals surface area (Å²) in [5.74, 6) is 1.85. The monoisotopic (exact) mass is 218 g/mol. The molecule has 0 saturated heterocycles. The number of aromatic hydroxyl groups is 1. The number of hydrogen-bond donors (Lipinski definition) is 3. The van der Waals surface area contributed by atoms with Crippen LogP contribution in [0.3, 0.4) is 0 Å². The Labute approximate surface area is 93.5 Å². The molecule has 3 N–H and O–H groups in total. The van der Waals surface area contributed by atoms with Gasteiger partial charge in [0.2, 0.25) is 0 Å². The molecule has 0 fully saturated rings. The highest BCUT2D eigenvalue weighted by molar-refractivity contribution is 5.26. The second-order valence-corrected chi connectivity index (χ2v) is 3.61. The fourth-order valence-corrected chi connectivity index (χ4v) is 1.45. The molecule has 0 atom stereocenters. The lowest BCUT2D eigenvalue weighted by atomic mass is 10.2. The summed E-state index contributed by atoms with van der Waals surface area (Å²) in [7, 11) is 0. The number of nitrogens with one attached hydrogen (secondary N) is 2. The van der Waals surface area contributed by atoms with Gasteiger partial charge in [-0.15, -0.1) is 0 Å². The van der Waals surface area contributed by atoms with Gasteiger partial charge in [-0.1, -0.05) is 12.1 Å². The fraction of sp³-hybridized carbons (Fsp3) is 0.273. The minimum Gasteiger partial charge on any atom is -0.508 e. The van der Waals surface area contributed by atoms with Gasteiger partial charge in [0.05, 0.1) is 6.54 Å². The van der Waals surface area contributed by atoms with Crippen molar-refractivity contribution in [2.75, 3.05) is 0 Å². The number of aromatic nitrogens is 3. The van der Waals surface area contributed by atoms with Crippen molar-refractivity contribution in [3.05, 3.63) is 41.5 Å². The Bertz CT molecular complexity index is 467. The number of rotatable bonds is 4. The highest BCUT2D eigenvalue weighted by Gasteiger charge is 1.99. The van der Waals surface area contributed by atoms with Gasteiger partial charge in [-0.25, -0.2) is 4.98 Å². The number of phenols is 1. The molecule has 5 heteroatoms. The van der Waals surface area contributed by atoms with E-state index in [1.165, 1.54) is 0 Å². The van der Waals surface area contributed by atoms with Gasteiger partial charge in [-0.05, 0) is 24.6 Å². The molecule has 5 nitrogen and oxygen atoms in total. The van der Waals surface area contributed by atoms with Gasteiger partial charge in [0.1, 0.15) is 11.6 Å². The largest absolute Gasteiger partial charge is 0.508 e. The third-order valence-corrected chi connectivity index (χ3v) is 2.17. The van der Waals surface area contributed by atoms with Crippen molar-refractivity contribution in [2.24, 2.45) is 0 Å². The first-order valence-electron chi connectivity index (χ1n) is 5.10. The number of nitrogens with zero attached hydrogens (tertiary/aromatic N) is 2. The third-order valence-electron chi connectivity index (χ3n) is 2.17. The van der Waals surface area contributed by atoms with Crippen molar-refractivity contribution in [2.45, 2.75) is 20.0 Å². The Hall–Kier alpha value is -1.88. The summed E-state index contributed by atoms with van der Waals surface area (Å²) in [6, 6.07) is 7.16. The van der Waals surface area contributed by atoms with E-state index in [-0.39, 0.29) is 5.75 Å². The summed E-state index contributed by atoms with van der Waals surface area (Å²) in [5, 5.41) is 19.3. The number of phenolic OH excluding ortho intramolecular Hbond substituents is 1. The first kappa shape index (κ1) is 10.6. The zero-order valence-electron chi connectivity index (χ0n) is 9.07. The van der Waals surface area contributed by atoms with E-state index < -0.39 is 0 Å². The first-order chi connectivity index (χ1) is 7.74. The Kier molecular flexibility index (Phi) is 3.16. The molecule has 0 amide bonds. The molecule has 0 aliphatic carbocycles. The molecule has 0 aliphatic heterocycles. The molecule has 2 rings (SSSR count). The zero-order chi connectivity index (χ0) is 11.4. The van der Waals surface area contributed by atoms with E-state index in [9.17, 15) is 5.11 Å². The van der Waals surface area contributed by atoms with Crippen LogP contribution in [0, 0.1) is 6.92 Å². The first-order valence-corrected chi connectivity index (χ1v) is 5.10. The summed E-state index contributed by atoms with van der Waals surface area (Å²) in [6.45, 7) is 3.16. The second kappa shape index (κ2) is 4.76. The Morgan fingerprint density at radius 3 is 2.94 bits per heavy atom. The Morgan fingerprint density at radius 2 is 2.25 bits per heavy atom. The highest BCUT2D eigenvalue weighted by Crippen LogP contribution is 2.10. The van der Waals surface area contributed by atoms with Crippen molar-refractivity contribution in [1.29, 1.82) is 0 Å². The van der Waals surface area contributed by atoms with Crippen molar-refractivity contribution >= 4 is 0 Å². The van der Waals surface area contributed by atoms with Crippen molar-refractivity contribution in [1.82, 2.24) is 20.5 Å². The summed E-state index contributed by atoms with van der Waals surface area (Å²) >= 11 is 0. The van der Waals surface area contributed by atoms with Crippen LogP contribution < -0.4 is 5.32 Å². The van der Waals surface area contributed by atoms with E-state index in [0.29, 0.717) is 13.1 Å². The summed E-state index contributed by atoms with van der Waals surface area (Å²) < 4.78 is 0. The molecular weight excluding hydrogens is 204 g/mol. The normalized spacial score (nSPS) is 10.6. The maximum atomic E-state index is 9.28. The van der Waals surface area contributed by atoms with Crippen LogP contribution in [0.15, 0.2) is 24.3 Å². The molecule has 2 aromatic rings. The van der Waals surface area contributed by atoms with Crippen molar-refractivity contribution < 1.29 is 5.11 Å². The topological polar surface area (TPSA) is 73.8 Å². The van der Waals surface area contributed by atoms with Gasteiger partial charge in [0.25, 0.3) is 0 Å². The fourth-order valence-electron chi connectivity index (χ4n) is 1.45. The third kappa shape index (κ3) is 2.80. The van der Waals surface area contributed by atoms with E-state index >= 15 is 0 Å². The molecular formula is C11H14N4O. The quantitative estimate of drug-likeness (QED) is 0.718. The maximum Gasteiger partial charge on any atom is 0.164 e. The van der Waals surface area contributed by atoms with Crippen LogP contribution in [0.2, 0.25) is 0 Å². The van der Waals surface area contributed by atoms with E-state index in [2.05, 4.69) is 20.5 Å². The number of aryl methyl sites for hydroxylation is 1. The summed E-state index contributed by atoms with van der Waals surface area (Å²) in [6.07, 6.45) is 0. The molecule has 1 heterocycles. The predicted molar refractivity (Wildman–Crippen MR) is 59.8 cm³/mol. The van der Waals surface area contributed by atoms with Gasteiger partial charge in [-0.2, -0.15) is 5.10 Å². The smallest absolute Gasteiger partial charge is 0.164 e. The SMILES string of the molecule is Cc1nc(CNCc2cccc(O)c2)n[nH]1. The van der Waals surface area contributed by atoms with E-state index in [4.69, 9.17) is 0 Å². The van der Waals surface area contributed by atoms with Gasteiger partial charge >= 0.3 is 0 Å². The molecule has 1 aromatic heterocycles. The number of aromatic amines is 1. The molecule has 1 aromatic carbocycles. The Balaban J connectivity index is 1.84. The molecule has 0 aliphatic rings. The van der Waals surface area contributed by atoms with Crippen LogP contribution in [0.1, 0.15) is 17.2 Å². The standard InChI is InChI=1S/C11H14N4O/c1-8-13-11(15-14-8)7-12-6-9-3-2-4-10(16)5-9/h2-5,12,16H,6-7H2,1H3,(H,13,14,15). The maximum absolute atomic E-state index is 9.28.